The lowest BCUT2D eigenvalue weighted by Gasteiger charge is -2.30. The van der Waals surface area contributed by atoms with Gasteiger partial charge in [0.15, 0.2) is 23.3 Å². The average Bonchev–Trinajstić information content (AvgIpc) is 1.91. The zero-order chi connectivity index (χ0) is 66.9. The molecule has 4 aromatic rings. The van der Waals surface area contributed by atoms with Gasteiger partial charge < -0.3 is 84.9 Å². The molecule has 2 heterocycles. The van der Waals surface area contributed by atoms with Crippen molar-refractivity contribution in [2.45, 2.75) is 147 Å². The third-order valence-corrected chi connectivity index (χ3v) is 15.6. The van der Waals surface area contributed by atoms with E-state index in [0.717, 1.165) is 21.4 Å². The number of hydrogen-bond acceptors (Lipinski definition) is 15. The second-order valence-electron chi connectivity index (χ2n) is 23.3. The molecular formula is C63H88N14O14. The summed E-state index contributed by atoms with van der Waals surface area (Å²) in [4.78, 5) is 158. The number of β-amino-alcohol motifs (C(OH)–C–C–N with tert-alkyl or cyclic N) is 1. The number of fused-ring (bicyclic) bond motifs is 1. The van der Waals surface area contributed by atoms with Crippen LogP contribution in [0.25, 0.3) is 10.9 Å². The number of H-pyrrole nitrogens is 1. The molecule has 0 saturated carbocycles. The van der Waals surface area contributed by atoms with Gasteiger partial charge in [0.25, 0.3) is 0 Å². The summed E-state index contributed by atoms with van der Waals surface area (Å²) < 4.78 is 0. The van der Waals surface area contributed by atoms with E-state index in [2.05, 4.69) is 52.5 Å². The van der Waals surface area contributed by atoms with Gasteiger partial charge >= 0.3 is 12.1 Å². The minimum absolute atomic E-state index is 0.0313. The Balaban J connectivity index is 1.30. The number of amides is 10. The maximum Gasteiger partial charge on any atom is 0.315 e. The zero-order valence-corrected chi connectivity index (χ0v) is 52.0. The maximum atomic E-state index is 14.4. The quantitative estimate of drug-likeness (QED) is 0.0160. The van der Waals surface area contributed by atoms with E-state index in [4.69, 9.17) is 17.2 Å². The number of benzene rings is 3. The Kier molecular flexibility index (Phi) is 28.3. The molecule has 28 nitrogen and oxygen atoms in total. The molecule has 28 heteroatoms. The van der Waals surface area contributed by atoms with Gasteiger partial charge in [-0.15, -0.1) is 0 Å². The van der Waals surface area contributed by atoms with Crippen molar-refractivity contribution >= 4 is 81.7 Å². The van der Waals surface area contributed by atoms with Crippen LogP contribution in [0.1, 0.15) is 95.8 Å². The number of carbonyl (C=O) groups excluding carboxylic acids is 11. The molecule has 1 aliphatic rings. The van der Waals surface area contributed by atoms with Crippen LogP contribution in [-0.4, -0.2) is 178 Å². The first-order valence-electron chi connectivity index (χ1n) is 30.4. The van der Waals surface area contributed by atoms with E-state index in [1.807, 2.05) is 38.1 Å². The van der Waals surface area contributed by atoms with Crippen LogP contribution in [0.4, 0.5) is 9.59 Å². The average molecular weight is 1270 g/mol. The number of phenols is 1. The van der Waals surface area contributed by atoms with Crippen LogP contribution in [-0.2, 0) is 62.4 Å². The molecule has 18 N–H and O–H groups in total. The summed E-state index contributed by atoms with van der Waals surface area (Å²) in [6, 6.07) is 12.4. The molecule has 91 heavy (non-hydrogen) atoms. The molecule has 10 atom stereocenters. The molecule has 0 bridgehead atoms. The Hall–Kier alpha value is -9.44. The lowest BCUT2D eigenvalue weighted by atomic mass is 9.90. The topological polar surface area (TPSA) is 454 Å². The van der Waals surface area contributed by atoms with Crippen molar-refractivity contribution in [3.63, 3.8) is 0 Å². The first-order chi connectivity index (χ1) is 43.2. The summed E-state index contributed by atoms with van der Waals surface area (Å²) in [6.07, 6.45) is -1.91. The normalized spacial score (nSPS) is 16.6. The van der Waals surface area contributed by atoms with Gasteiger partial charge in [0.1, 0.15) is 23.9 Å². The van der Waals surface area contributed by atoms with Gasteiger partial charge in [0, 0.05) is 88.7 Å². The van der Waals surface area contributed by atoms with Crippen LogP contribution in [0, 0.1) is 17.8 Å². The number of aromatic nitrogens is 1. The first-order valence-corrected chi connectivity index (χ1v) is 30.4. The summed E-state index contributed by atoms with van der Waals surface area (Å²) in [5.74, 6) is -9.11. The Morgan fingerprint density at radius 3 is 1.95 bits per heavy atom. The Labute approximate surface area is 527 Å². The van der Waals surface area contributed by atoms with Crippen molar-refractivity contribution < 1.29 is 68.1 Å². The lowest BCUT2D eigenvalue weighted by Crippen LogP contribution is -2.56. The van der Waals surface area contributed by atoms with Gasteiger partial charge in [-0.1, -0.05) is 74.5 Å². The Morgan fingerprint density at radius 1 is 0.670 bits per heavy atom. The number of carbonyl (C=O) groups is 11. The highest BCUT2D eigenvalue weighted by Gasteiger charge is 2.43. The number of hydrogen-bond donors (Lipinski definition) is 15. The molecule has 0 radical (unpaired) electrons. The number of para-hydroxylation sites is 1. The van der Waals surface area contributed by atoms with Gasteiger partial charge in [0.2, 0.25) is 35.4 Å². The number of Topliss-reactive ketones (excluding diaryl/α,β-unsaturated/α-hetero) is 3. The van der Waals surface area contributed by atoms with Crippen molar-refractivity contribution in [1.29, 1.82) is 0 Å². The number of aromatic amines is 1. The van der Waals surface area contributed by atoms with Crippen LogP contribution < -0.4 is 59.7 Å². The van der Waals surface area contributed by atoms with Crippen LogP contribution in [0.3, 0.4) is 0 Å². The molecule has 1 aromatic heterocycles. The minimum Gasteiger partial charge on any atom is -0.508 e. The van der Waals surface area contributed by atoms with E-state index in [1.165, 1.54) is 33.0 Å². The number of likely N-dealkylation sites (tertiary alicyclic amines) is 1. The lowest BCUT2D eigenvalue weighted by molar-refractivity contribution is -0.142. The molecule has 0 spiro atoms. The number of aliphatic imine (C=N–C) groups is 1. The molecule has 1 fully saturated rings. The number of guanidine groups is 1. The number of ketones is 3. The number of nitrogens with zero attached hydrogens (tertiary/aromatic N) is 2. The minimum atomic E-state index is -1.54. The fourth-order valence-electron chi connectivity index (χ4n) is 10.8. The molecule has 5 rings (SSSR count). The van der Waals surface area contributed by atoms with Crippen LogP contribution in [0.2, 0.25) is 0 Å². The largest absolute Gasteiger partial charge is 0.508 e. The molecule has 0 unspecified atom stereocenters. The number of nitrogens with one attached hydrogen (secondary N) is 9. The van der Waals surface area contributed by atoms with Crippen molar-refractivity contribution in [3.8, 4) is 5.75 Å². The standard InChI is InChI=1S/C63H88N14O14/c1-35(2)25-48(53(82)29-40(15-11-23-68-61(65)67-5)57(86)75-50(56(64)85)28-41-32-70-46-17-10-9-16-44(41)46)76-63(91)71-33-55(84)49(26-38-13-7-6-8-14-38)74-58(87)45(36(3)78)31-54(83)47(18-12-24-69-62(66)90)73-59(88)52-30-43(81)34-77(52)60(89)51(72-37(4)79)27-39-19-21-42(80)22-20-39/h6-10,13-14,16-17,19-22,32,35-36,40,43,45,47-52,70,78,80-81H,11-12,15,18,23-31,33-34H2,1-5H3,(H2,64,85)(H,72,79)(H,73,88)(H,74,87)(H,75,86)(H3,65,67,68)(H3,66,69,90)(H2,71,76,91)/t36-,40-,43-,45+,47+,48+,49+,50+,51-,52+/m1/s1. The monoisotopic (exact) mass is 1260 g/mol. The summed E-state index contributed by atoms with van der Waals surface area (Å²) in [6.45, 7) is 5.34. The summed E-state index contributed by atoms with van der Waals surface area (Å²) in [5, 5.41) is 53.6. The third kappa shape index (κ3) is 23.5. The molecule has 10 amide bonds. The predicted octanol–water partition coefficient (Wildman–Crippen LogP) is -0.115. The fourth-order valence-corrected chi connectivity index (χ4v) is 10.8. The Bertz CT molecular complexity index is 3190. The molecule has 494 valence electrons. The third-order valence-electron chi connectivity index (χ3n) is 15.6. The SMILES string of the molecule is CN=C(N)NCCC[C@H](CC(=O)[C@H](CC(C)C)NC(=O)NCC(=O)[C@H](Cc1ccccc1)NC(=O)[C@@H](CC(=O)[C@H](CCCNC(N)=O)NC(=O)[C@@H]1C[C@@H](O)CN1C(=O)[C@@H](Cc1ccc(O)cc1)NC(C)=O)[C@@H](C)O)C(=O)N[C@@H](Cc1c[nH]c2ccccc12)C(N)=O. The van der Waals surface area contributed by atoms with Crippen molar-refractivity contribution in [3.05, 3.63) is 102 Å². The number of aromatic hydroxyl groups is 1. The van der Waals surface area contributed by atoms with Gasteiger partial charge in [-0.05, 0) is 86.3 Å². The Morgan fingerprint density at radius 2 is 1.30 bits per heavy atom. The van der Waals surface area contributed by atoms with E-state index >= 15 is 0 Å². The van der Waals surface area contributed by atoms with Gasteiger partial charge in [-0.25, -0.2) is 9.59 Å². The molecular weight excluding hydrogens is 1180 g/mol. The number of aliphatic hydroxyl groups is 2. The number of aliphatic hydroxyl groups excluding tert-OH is 2. The zero-order valence-electron chi connectivity index (χ0n) is 52.0. The second-order valence-corrected chi connectivity index (χ2v) is 23.3. The van der Waals surface area contributed by atoms with Crippen LogP contribution >= 0.6 is 0 Å². The number of rotatable bonds is 36. The van der Waals surface area contributed by atoms with E-state index in [9.17, 15) is 68.1 Å². The molecule has 1 saturated heterocycles. The smallest absolute Gasteiger partial charge is 0.315 e. The molecule has 1 aliphatic heterocycles. The number of primary amides is 2. The van der Waals surface area contributed by atoms with E-state index in [0.29, 0.717) is 17.5 Å². The van der Waals surface area contributed by atoms with Crippen molar-refractivity contribution in [2.24, 2.45) is 39.9 Å². The first kappa shape index (κ1) is 72.3. The highest BCUT2D eigenvalue weighted by Crippen LogP contribution is 2.24. The highest BCUT2D eigenvalue weighted by atomic mass is 16.3. The second kappa shape index (κ2) is 35.7. The number of phenolic OH excluding ortho intramolecular Hbond substituents is 1. The van der Waals surface area contributed by atoms with Gasteiger partial charge in [0.05, 0.1) is 42.8 Å². The van der Waals surface area contributed by atoms with Crippen molar-refractivity contribution in [1.82, 2.24) is 52.4 Å². The van der Waals surface area contributed by atoms with Crippen LogP contribution in [0.15, 0.2) is 90.1 Å². The number of urea groups is 2. The number of nitrogens with two attached hydrogens (primary N) is 3. The highest BCUT2D eigenvalue weighted by molar-refractivity contribution is 5.99. The molecule has 3 aromatic carbocycles. The summed E-state index contributed by atoms with van der Waals surface area (Å²) in [7, 11) is 1.50. The summed E-state index contributed by atoms with van der Waals surface area (Å²) in [5.41, 5.74) is 19.6. The van der Waals surface area contributed by atoms with Gasteiger partial charge in [-0.3, -0.25) is 48.1 Å². The van der Waals surface area contributed by atoms with Crippen molar-refractivity contribution in [2.75, 3.05) is 33.2 Å². The van der Waals surface area contributed by atoms with Crippen LogP contribution in [0.5, 0.6) is 5.75 Å². The molecule has 0 aliphatic carbocycles. The van der Waals surface area contributed by atoms with E-state index in [1.54, 1.807) is 48.7 Å². The maximum absolute atomic E-state index is 14.4. The predicted molar refractivity (Wildman–Crippen MR) is 337 cm³/mol. The summed E-state index contributed by atoms with van der Waals surface area (Å²) >= 11 is 0. The van der Waals surface area contributed by atoms with Gasteiger partial charge in [-0.2, -0.15) is 0 Å². The fraction of sp³-hybridized carbons (Fsp3) is 0.492. The van der Waals surface area contributed by atoms with E-state index < -0.39 is 138 Å². The van der Waals surface area contributed by atoms with E-state index in [-0.39, 0.29) is 95.0 Å².